The number of hydrogen-bond acceptors (Lipinski definition) is 4. The van der Waals surface area contributed by atoms with Crippen LogP contribution in [0.2, 0.25) is 0 Å². The number of allylic oxidation sites excluding steroid dienone is 1. The Morgan fingerprint density at radius 1 is 1.27 bits per heavy atom. The van der Waals surface area contributed by atoms with Gasteiger partial charge >= 0.3 is 0 Å². The highest BCUT2D eigenvalue weighted by Crippen LogP contribution is 2.63. The third kappa shape index (κ3) is 3.85. The van der Waals surface area contributed by atoms with Crippen molar-refractivity contribution in [2.24, 2.45) is 16.3 Å². The number of aliphatic imine (C=N–C) groups is 1. The first-order chi connectivity index (χ1) is 12.7. The van der Waals surface area contributed by atoms with Crippen LogP contribution in [0.4, 0.5) is 10.1 Å². The highest BCUT2D eigenvalue weighted by molar-refractivity contribution is 5.86. The molecule has 1 heterocycles. The van der Waals surface area contributed by atoms with Crippen molar-refractivity contribution in [3.05, 3.63) is 41.5 Å². The van der Waals surface area contributed by atoms with Crippen LogP contribution in [0.5, 0.6) is 0 Å². The van der Waals surface area contributed by atoms with E-state index in [0.717, 1.165) is 30.0 Å². The maximum absolute atomic E-state index is 13.0. The lowest BCUT2D eigenvalue weighted by Gasteiger charge is -2.32. The molecule has 1 aromatic rings. The fourth-order valence-corrected chi connectivity index (χ4v) is 3.59. The number of nitrogens with one attached hydrogen (secondary N) is 3. The van der Waals surface area contributed by atoms with Crippen LogP contribution in [0.3, 0.4) is 0 Å². The zero-order chi connectivity index (χ0) is 18.0. The average Bonchev–Trinajstić information content (AvgIpc) is 3.41. The van der Waals surface area contributed by atoms with Crippen molar-refractivity contribution in [1.82, 2.24) is 10.6 Å². The summed E-state index contributed by atoms with van der Waals surface area (Å²) in [6.07, 6.45) is 7.89. The van der Waals surface area contributed by atoms with Gasteiger partial charge in [0.05, 0.1) is 5.57 Å². The highest BCUT2D eigenvalue weighted by Gasteiger charge is 2.52. The molecule has 2 aliphatic carbocycles. The molecular weight excluding hydrogens is 327 g/mol. The molecule has 26 heavy (non-hydrogen) atoms. The van der Waals surface area contributed by atoms with E-state index in [0.29, 0.717) is 11.3 Å². The van der Waals surface area contributed by atoms with Gasteiger partial charge < -0.3 is 16.0 Å². The molecular formula is C21H25FN4. The summed E-state index contributed by atoms with van der Waals surface area (Å²) in [7, 11) is 0. The number of hydrogen-bond donors (Lipinski definition) is 3. The van der Waals surface area contributed by atoms with Crippen molar-refractivity contribution in [3.63, 3.8) is 0 Å². The minimum atomic E-state index is -0.302. The van der Waals surface area contributed by atoms with Crippen LogP contribution in [0.15, 0.2) is 40.7 Å². The Kier molecular flexibility index (Phi) is 4.58. The lowest BCUT2D eigenvalue weighted by atomic mass is 9.72. The van der Waals surface area contributed by atoms with Gasteiger partial charge in [0.15, 0.2) is 6.29 Å². The molecule has 3 aliphatic rings. The minimum absolute atomic E-state index is 0.248. The third-order valence-electron chi connectivity index (χ3n) is 5.33. The summed E-state index contributed by atoms with van der Waals surface area (Å²) >= 11 is 0. The molecule has 4 rings (SSSR count). The highest BCUT2D eigenvalue weighted by atomic mass is 19.1. The normalized spacial score (nSPS) is 22.9. The Morgan fingerprint density at radius 3 is 2.73 bits per heavy atom. The average molecular weight is 352 g/mol. The maximum atomic E-state index is 13.0. The molecule has 3 N–H and O–H groups in total. The summed E-state index contributed by atoms with van der Waals surface area (Å²) in [5.74, 6) is 7.94. The molecule has 1 aromatic carbocycles. The molecule has 4 nitrogen and oxygen atoms in total. The van der Waals surface area contributed by atoms with Crippen LogP contribution in [0.25, 0.3) is 0 Å². The van der Waals surface area contributed by atoms with Crippen molar-refractivity contribution >= 4 is 11.9 Å². The molecule has 0 aromatic heterocycles. The predicted octanol–water partition coefficient (Wildman–Crippen LogP) is 3.60. The van der Waals surface area contributed by atoms with Gasteiger partial charge in [0, 0.05) is 24.4 Å². The Balaban J connectivity index is 1.42. The van der Waals surface area contributed by atoms with E-state index < -0.39 is 0 Å². The van der Waals surface area contributed by atoms with E-state index in [9.17, 15) is 4.39 Å². The van der Waals surface area contributed by atoms with Gasteiger partial charge in [0.2, 0.25) is 0 Å². The molecule has 1 spiro atoms. The Bertz CT molecular complexity index is 772. The van der Waals surface area contributed by atoms with Gasteiger partial charge in [-0.05, 0) is 61.8 Å². The van der Waals surface area contributed by atoms with Crippen LogP contribution in [0, 0.1) is 29.0 Å². The summed E-state index contributed by atoms with van der Waals surface area (Å²) in [5, 5.41) is 10.0. The maximum Gasteiger partial charge on any atom is 0.195 e. The van der Waals surface area contributed by atoms with Gasteiger partial charge in [-0.25, -0.2) is 9.38 Å². The molecule has 0 amide bonds. The van der Waals surface area contributed by atoms with Crippen LogP contribution >= 0.6 is 0 Å². The zero-order valence-electron chi connectivity index (χ0n) is 15.1. The monoisotopic (exact) mass is 352 g/mol. The molecule has 0 bridgehead atoms. The molecule has 136 valence electrons. The zero-order valence-corrected chi connectivity index (χ0v) is 15.1. The van der Waals surface area contributed by atoms with Crippen LogP contribution < -0.4 is 16.0 Å². The van der Waals surface area contributed by atoms with E-state index in [1.807, 2.05) is 6.21 Å². The molecule has 1 atom stereocenters. The summed E-state index contributed by atoms with van der Waals surface area (Å²) in [6, 6.07) is 6.27. The van der Waals surface area contributed by atoms with Gasteiger partial charge in [-0.15, -0.1) is 0 Å². The predicted molar refractivity (Wildman–Crippen MR) is 103 cm³/mol. The fraction of sp³-hybridized carbons (Fsp3) is 0.476. The Hall–Kier alpha value is -2.48. The third-order valence-corrected chi connectivity index (χ3v) is 5.33. The van der Waals surface area contributed by atoms with Crippen LogP contribution in [-0.4, -0.2) is 19.0 Å². The van der Waals surface area contributed by atoms with E-state index in [2.05, 4.69) is 39.7 Å². The lowest BCUT2D eigenvalue weighted by molar-refractivity contribution is 0.222. The minimum Gasteiger partial charge on any atom is -0.371 e. The first-order valence-electron chi connectivity index (χ1n) is 9.47. The van der Waals surface area contributed by atoms with Crippen LogP contribution in [-0.2, 0) is 0 Å². The number of nitrogens with zero attached hydrogens (tertiary/aromatic N) is 1. The van der Waals surface area contributed by atoms with E-state index >= 15 is 0 Å². The number of anilines is 1. The summed E-state index contributed by atoms with van der Waals surface area (Å²) in [4.78, 5) is 4.51. The molecule has 5 heteroatoms. The van der Waals surface area contributed by atoms with E-state index in [4.69, 9.17) is 0 Å². The Morgan fingerprint density at radius 2 is 2.04 bits per heavy atom. The van der Waals surface area contributed by atoms with E-state index in [1.54, 1.807) is 12.1 Å². The fourth-order valence-electron chi connectivity index (χ4n) is 3.59. The molecule has 1 aliphatic heterocycles. The van der Waals surface area contributed by atoms with E-state index in [1.165, 1.54) is 37.8 Å². The molecule has 0 saturated heterocycles. The second-order valence-electron chi connectivity index (χ2n) is 7.57. The second-order valence-corrected chi connectivity index (χ2v) is 7.57. The number of benzene rings is 1. The van der Waals surface area contributed by atoms with Gasteiger partial charge in [0.1, 0.15) is 11.6 Å². The molecule has 2 fully saturated rings. The quantitative estimate of drug-likeness (QED) is 0.710. The summed E-state index contributed by atoms with van der Waals surface area (Å²) < 4.78 is 13.0. The molecule has 2 saturated carbocycles. The van der Waals surface area contributed by atoms with E-state index in [-0.39, 0.29) is 12.1 Å². The first kappa shape index (κ1) is 17.0. The first-order valence-corrected chi connectivity index (χ1v) is 9.47. The number of halogens is 1. The largest absolute Gasteiger partial charge is 0.371 e. The SMILES string of the molecule is CCCNC1=C(C#CC2CC3(CC3)C2)C=NC(Nc2ccc(F)cc2)N1. The smallest absolute Gasteiger partial charge is 0.195 e. The van der Waals surface area contributed by atoms with Crippen molar-refractivity contribution in [3.8, 4) is 11.8 Å². The van der Waals surface area contributed by atoms with Gasteiger partial charge in [-0.2, -0.15) is 0 Å². The van der Waals surface area contributed by atoms with Crippen molar-refractivity contribution in [2.75, 3.05) is 11.9 Å². The lowest BCUT2D eigenvalue weighted by Crippen LogP contribution is -2.42. The van der Waals surface area contributed by atoms with Crippen molar-refractivity contribution in [2.45, 2.75) is 45.3 Å². The van der Waals surface area contributed by atoms with Crippen molar-refractivity contribution in [1.29, 1.82) is 0 Å². The molecule has 1 unspecified atom stereocenters. The molecule has 0 radical (unpaired) electrons. The Labute approximate surface area is 154 Å². The van der Waals surface area contributed by atoms with Crippen LogP contribution in [0.1, 0.15) is 39.0 Å². The van der Waals surface area contributed by atoms with Gasteiger partial charge in [0.25, 0.3) is 0 Å². The summed E-state index contributed by atoms with van der Waals surface area (Å²) in [6.45, 7) is 3.00. The van der Waals surface area contributed by atoms with Gasteiger partial charge in [-0.3, -0.25) is 0 Å². The standard InChI is InChI=1S/C21H25FN4/c1-2-11-23-19-16(4-3-15-12-21(13-15)9-10-21)14-24-20(26-19)25-18-7-5-17(22)6-8-18/h5-8,14-15,20,23,25-26H,2,9-13H2,1H3. The second kappa shape index (κ2) is 7.03. The topological polar surface area (TPSA) is 48.5 Å². The van der Waals surface area contributed by atoms with Gasteiger partial charge in [-0.1, -0.05) is 18.8 Å². The summed E-state index contributed by atoms with van der Waals surface area (Å²) in [5.41, 5.74) is 2.40. The number of rotatable bonds is 5. The van der Waals surface area contributed by atoms with Crippen molar-refractivity contribution < 1.29 is 4.39 Å².